The molecule has 23 heavy (non-hydrogen) atoms. The number of rotatable bonds is 3. The summed E-state index contributed by atoms with van der Waals surface area (Å²) in [7, 11) is 0. The van der Waals surface area contributed by atoms with Crippen LogP contribution in [0.25, 0.3) is 0 Å². The van der Waals surface area contributed by atoms with Crippen molar-refractivity contribution in [3.05, 3.63) is 29.8 Å². The summed E-state index contributed by atoms with van der Waals surface area (Å²) >= 11 is 0. The number of hydrogen-bond donors (Lipinski definition) is 1. The third kappa shape index (κ3) is 4.05. The molecule has 4 nitrogen and oxygen atoms in total. The Hall–Kier alpha value is -1.55. The highest BCUT2D eigenvalue weighted by molar-refractivity contribution is 5.79. The maximum Gasteiger partial charge on any atom is 0.225 e. The summed E-state index contributed by atoms with van der Waals surface area (Å²) in [5, 5.41) is 9.89. The average Bonchev–Trinajstić information content (AvgIpc) is 2.57. The van der Waals surface area contributed by atoms with E-state index >= 15 is 0 Å². The molecule has 1 aromatic rings. The second-order valence-corrected chi connectivity index (χ2v) is 7.21. The number of likely N-dealkylation sites (tertiary alicyclic amines) is 2. The predicted molar refractivity (Wildman–Crippen MR) is 91.1 cm³/mol. The van der Waals surface area contributed by atoms with Crippen molar-refractivity contribution in [1.29, 1.82) is 0 Å². The standard InChI is InChI=1S/C19H28N2O2/c1-15-5-4-10-21(13-15)19(23)16-8-11-20(12-9-16)14-17-6-2-3-7-18(17)22/h2-3,6-7,15-16,22H,4-5,8-14H2,1H3/t15-/m0/s1. The van der Waals surface area contributed by atoms with E-state index in [0.717, 1.165) is 57.5 Å². The molecule has 1 N–H and O–H groups in total. The van der Waals surface area contributed by atoms with Crippen LogP contribution >= 0.6 is 0 Å². The molecule has 2 saturated heterocycles. The first kappa shape index (κ1) is 16.3. The van der Waals surface area contributed by atoms with E-state index in [9.17, 15) is 9.90 Å². The van der Waals surface area contributed by atoms with Crippen LogP contribution in [0.3, 0.4) is 0 Å². The van der Waals surface area contributed by atoms with Gasteiger partial charge in [-0.05, 0) is 50.8 Å². The molecule has 2 aliphatic rings. The van der Waals surface area contributed by atoms with Crippen LogP contribution < -0.4 is 0 Å². The lowest BCUT2D eigenvalue weighted by atomic mass is 9.92. The number of phenols is 1. The van der Waals surface area contributed by atoms with Gasteiger partial charge >= 0.3 is 0 Å². The van der Waals surface area contributed by atoms with Gasteiger partial charge in [-0.1, -0.05) is 25.1 Å². The minimum absolute atomic E-state index is 0.195. The number of benzene rings is 1. The van der Waals surface area contributed by atoms with Crippen molar-refractivity contribution < 1.29 is 9.90 Å². The summed E-state index contributed by atoms with van der Waals surface area (Å²) in [6.07, 6.45) is 4.29. The van der Waals surface area contributed by atoms with E-state index in [0.29, 0.717) is 17.6 Å². The third-order valence-corrected chi connectivity index (χ3v) is 5.29. The van der Waals surface area contributed by atoms with Gasteiger partial charge in [0.15, 0.2) is 0 Å². The van der Waals surface area contributed by atoms with E-state index < -0.39 is 0 Å². The van der Waals surface area contributed by atoms with Crippen molar-refractivity contribution in [2.45, 2.75) is 39.2 Å². The Morgan fingerprint density at radius 2 is 1.91 bits per heavy atom. The summed E-state index contributed by atoms with van der Waals surface area (Å²) in [5.74, 6) is 1.58. The second kappa shape index (κ2) is 7.35. The molecule has 2 heterocycles. The summed E-state index contributed by atoms with van der Waals surface area (Å²) in [6.45, 7) is 6.78. The second-order valence-electron chi connectivity index (χ2n) is 7.21. The molecule has 1 amide bonds. The average molecular weight is 316 g/mol. The maximum absolute atomic E-state index is 12.7. The van der Waals surface area contributed by atoms with Crippen LogP contribution in [0.5, 0.6) is 5.75 Å². The van der Waals surface area contributed by atoms with Gasteiger partial charge in [-0.2, -0.15) is 0 Å². The maximum atomic E-state index is 12.7. The van der Waals surface area contributed by atoms with Crippen LogP contribution in [0, 0.1) is 11.8 Å². The van der Waals surface area contributed by atoms with Gasteiger partial charge in [0.2, 0.25) is 5.91 Å². The van der Waals surface area contributed by atoms with Crippen molar-refractivity contribution >= 4 is 5.91 Å². The van der Waals surface area contributed by atoms with E-state index in [1.165, 1.54) is 6.42 Å². The van der Waals surface area contributed by atoms with E-state index in [1.807, 2.05) is 18.2 Å². The number of para-hydroxylation sites is 1. The van der Waals surface area contributed by atoms with Gasteiger partial charge in [0, 0.05) is 31.1 Å². The first-order valence-electron chi connectivity index (χ1n) is 8.91. The monoisotopic (exact) mass is 316 g/mol. The Labute approximate surface area is 139 Å². The molecule has 1 atom stereocenters. The first-order valence-corrected chi connectivity index (χ1v) is 8.91. The molecule has 1 aromatic carbocycles. The number of nitrogens with zero attached hydrogens (tertiary/aromatic N) is 2. The highest BCUT2D eigenvalue weighted by Crippen LogP contribution is 2.25. The summed E-state index contributed by atoms with van der Waals surface area (Å²) in [5.41, 5.74) is 0.974. The molecule has 3 rings (SSSR count). The van der Waals surface area contributed by atoms with Gasteiger partial charge in [-0.3, -0.25) is 9.69 Å². The lowest BCUT2D eigenvalue weighted by Crippen LogP contribution is -2.45. The highest BCUT2D eigenvalue weighted by atomic mass is 16.3. The zero-order chi connectivity index (χ0) is 16.2. The lowest BCUT2D eigenvalue weighted by Gasteiger charge is -2.37. The van der Waals surface area contributed by atoms with Crippen LogP contribution in [0.1, 0.15) is 38.2 Å². The van der Waals surface area contributed by atoms with Gasteiger partial charge < -0.3 is 10.0 Å². The minimum atomic E-state index is 0.195. The fourth-order valence-corrected chi connectivity index (χ4v) is 3.87. The number of carbonyl (C=O) groups excluding carboxylic acids is 1. The molecular formula is C19H28N2O2. The van der Waals surface area contributed by atoms with Crippen molar-refractivity contribution in [3.8, 4) is 5.75 Å². The molecule has 0 spiro atoms. The SMILES string of the molecule is C[C@H]1CCCN(C(=O)C2CCN(Cc3ccccc3O)CC2)C1. The largest absolute Gasteiger partial charge is 0.508 e. The lowest BCUT2D eigenvalue weighted by molar-refractivity contribution is -0.138. The van der Waals surface area contributed by atoms with Gasteiger partial charge in [-0.15, -0.1) is 0 Å². The fourth-order valence-electron chi connectivity index (χ4n) is 3.87. The van der Waals surface area contributed by atoms with Crippen LogP contribution in [-0.4, -0.2) is 47.0 Å². The zero-order valence-corrected chi connectivity index (χ0v) is 14.1. The molecule has 2 aliphatic heterocycles. The zero-order valence-electron chi connectivity index (χ0n) is 14.1. The minimum Gasteiger partial charge on any atom is -0.508 e. The molecule has 126 valence electrons. The summed E-state index contributed by atoms with van der Waals surface area (Å²) < 4.78 is 0. The Bertz CT molecular complexity index is 538. The third-order valence-electron chi connectivity index (χ3n) is 5.29. The number of hydrogen-bond acceptors (Lipinski definition) is 3. The highest BCUT2D eigenvalue weighted by Gasteiger charge is 2.30. The van der Waals surface area contributed by atoms with Crippen molar-refractivity contribution in [2.24, 2.45) is 11.8 Å². The van der Waals surface area contributed by atoms with Crippen molar-refractivity contribution in [2.75, 3.05) is 26.2 Å². The molecule has 0 radical (unpaired) electrons. The Kier molecular flexibility index (Phi) is 5.21. The Morgan fingerprint density at radius 3 is 2.61 bits per heavy atom. The summed E-state index contributed by atoms with van der Waals surface area (Å²) in [4.78, 5) is 17.1. The molecular weight excluding hydrogens is 288 g/mol. The smallest absolute Gasteiger partial charge is 0.225 e. The Balaban J connectivity index is 1.50. The van der Waals surface area contributed by atoms with Crippen molar-refractivity contribution in [1.82, 2.24) is 9.80 Å². The summed E-state index contributed by atoms with van der Waals surface area (Å²) in [6, 6.07) is 7.52. The van der Waals surface area contributed by atoms with Crippen molar-refractivity contribution in [3.63, 3.8) is 0 Å². The van der Waals surface area contributed by atoms with Crippen LogP contribution in [0.4, 0.5) is 0 Å². The first-order chi connectivity index (χ1) is 11.1. The van der Waals surface area contributed by atoms with Gasteiger partial charge in [0.05, 0.1) is 0 Å². The Morgan fingerprint density at radius 1 is 1.17 bits per heavy atom. The van der Waals surface area contributed by atoms with E-state index in [2.05, 4.69) is 16.7 Å². The quantitative estimate of drug-likeness (QED) is 0.932. The number of carbonyl (C=O) groups is 1. The molecule has 4 heteroatoms. The molecule has 0 bridgehead atoms. The van der Waals surface area contributed by atoms with Crippen LogP contribution in [0.15, 0.2) is 24.3 Å². The molecule has 0 aromatic heterocycles. The molecule has 0 aliphatic carbocycles. The number of phenolic OH excluding ortho intramolecular Hbond substituents is 1. The van der Waals surface area contributed by atoms with Crippen LogP contribution in [-0.2, 0) is 11.3 Å². The fraction of sp³-hybridized carbons (Fsp3) is 0.632. The number of piperidine rings is 2. The molecule has 2 fully saturated rings. The van der Waals surface area contributed by atoms with Crippen LogP contribution in [0.2, 0.25) is 0 Å². The van der Waals surface area contributed by atoms with E-state index in [1.54, 1.807) is 6.07 Å². The van der Waals surface area contributed by atoms with Gasteiger partial charge in [0.1, 0.15) is 5.75 Å². The molecule has 0 unspecified atom stereocenters. The van der Waals surface area contributed by atoms with E-state index in [-0.39, 0.29) is 5.92 Å². The topological polar surface area (TPSA) is 43.8 Å². The predicted octanol–water partition coefficient (Wildman–Crippen LogP) is 2.86. The number of aromatic hydroxyl groups is 1. The normalized spacial score (nSPS) is 23.9. The number of amides is 1. The van der Waals surface area contributed by atoms with Gasteiger partial charge in [-0.25, -0.2) is 0 Å². The molecule has 0 saturated carbocycles. The van der Waals surface area contributed by atoms with E-state index in [4.69, 9.17) is 0 Å². The van der Waals surface area contributed by atoms with Gasteiger partial charge in [0.25, 0.3) is 0 Å².